The van der Waals surface area contributed by atoms with Crippen LogP contribution in [0.1, 0.15) is 31.9 Å². The number of halogens is 1. The van der Waals surface area contributed by atoms with Crippen LogP contribution in [0.2, 0.25) is 0 Å². The van der Waals surface area contributed by atoms with E-state index in [1.54, 1.807) is 11.3 Å². The highest BCUT2D eigenvalue weighted by molar-refractivity contribution is 9.10. The van der Waals surface area contributed by atoms with Crippen LogP contribution in [0, 0.1) is 0 Å². The summed E-state index contributed by atoms with van der Waals surface area (Å²) in [6.45, 7) is 5.38. The summed E-state index contributed by atoms with van der Waals surface area (Å²) in [5, 5.41) is 7.85. The Morgan fingerprint density at radius 3 is 2.72 bits per heavy atom. The van der Waals surface area contributed by atoms with E-state index in [0.29, 0.717) is 6.04 Å². The Kier molecular flexibility index (Phi) is 4.98. The first-order valence-corrected chi connectivity index (χ1v) is 8.05. The summed E-state index contributed by atoms with van der Waals surface area (Å²) >= 11 is 5.34. The van der Waals surface area contributed by atoms with Crippen molar-refractivity contribution in [2.24, 2.45) is 0 Å². The van der Waals surface area contributed by atoms with Crippen LogP contribution in [-0.2, 0) is 0 Å². The Morgan fingerprint density at radius 1 is 1.28 bits per heavy atom. The Hall–Kier alpha value is -0.640. The number of benzene rings is 1. The third kappa shape index (κ3) is 3.02. The molecule has 1 aromatic heterocycles. The molecule has 0 aliphatic rings. The van der Waals surface area contributed by atoms with Crippen LogP contribution in [0.5, 0.6) is 0 Å². The van der Waals surface area contributed by atoms with Crippen molar-refractivity contribution in [1.82, 2.24) is 5.32 Å². The maximum absolute atomic E-state index is 3.61. The van der Waals surface area contributed by atoms with E-state index in [2.05, 4.69) is 70.1 Å². The van der Waals surface area contributed by atoms with Gasteiger partial charge in [-0.3, -0.25) is 0 Å². The molecule has 1 atom stereocenters. The Morgan fingerprint density at radius 2 is 2.11 bits per heavy atom. The molecule has 0 spiro atoms. The van der Waals surface area contributed by atoms with Gasteiger partial charge in [0.2, 0.25) is 0 Å². The maximum atomic E-state index is 3.61. The van der Waals surface area contributed by atoms with Crippen LogP contribution in [0.15, 0.2) is 39.5 Å². The molecule has 1 heterocycles. The monoisotopic (exact) mass is 323 g/mol. The Labute approximate surface area is 121 Å². The van der Waals surface area contributed by atoms with E-state index in [1.807, 2.05) is 0 Å². The maximum Gasteiger partial charge on any atom is 0.0360 e. The molecule has 1 unspecified atom stereocenters. The van der Waals surface area contributed by atoms with E-state index in [9.17, 15) is 0 Å². The quantitative estimate of drug-likeness (QED) is 0.793. The first-order valence-electron chi connectivity index (χ1n) is 6.31. The number of rotatable bonds is 5. The van der Waals surface area contributed by atoms with Crippen LogP contribution in [-0.4, -0.2) is 6.54 Å². The van der Waals surface area contributed by atoms with Crippen LogP contribution < -0.4 is 5.32 Å². The molecular formula is C15H18BrNS. The normalized spacial score (nSPS) is 12.6. The number of thiophene rings is 1. The average molecular weight is 324 g/mol. The average Bonchev–Trinajstić information content (AvgIpc) is 2.82. The molecule has 2 rings (SSSR count). The zero-order valence-electron chi connectivity index (χ0n) is 10.7. The van der Waals surface area contributed by atoms with Gasteiger partial charge in [0.15, 0.2) is 0 Å². The predicted molar refractivity (Wildman–Crippen MR) is 84.2 cm³/mol. The van der Waals surface area contributed by atoms with Gasteiger partial charge in [0.25, 0.3) is 0 Å². The summed E-state index contributed by atoms with van der Waals surface area (Å²) in [4.78, 5) is 0. The van der Waals surface area contributed by atoms with Crippen LogP contribution in [0.25, 0.3) is 11.1 Å². The zero-order valence-corrected chi connectivity index (χ0v) is 13.1. The molecule has 0 bridgehead atoms. The lowest BCUT2D eigenvalue weighted by Crippen LogP contribution is -2.19. The molecular weight excluding hydrogens is 306 g/mol. The summed E-state index contributed by atoms with van der Waals surface area (Å²) in [7, 11) is 0. The van der Waals surface area contributed by atoms with E-state index in [1.165, 1.54) is 21.2 Å². The van der Waals surface area contributed by atoms with Crippen molar-refractivity contribution in [2.75, 3.05) is 6.54 Å². The van der Waals surface area contributed by atoms with Gasteiger partial charge >= 0.3 is 0 Å². The topological polar surface area (TPSA) is 12.0 Å². The third-order valence-corrected chi connectivity index (χ3v) is 4.78. The lowest BCUT2D eigenvalue weighted by molar-refractivity contribution is 0.537. The highest BCUT2D eigenvalue weighted by Crippen LogP contribution is 2.33. The minimum Gasteiger partial charge on any atom is -0.310 e. The van der Waals surface area contributed by atoms with E-state index < -0.39 is 0 Å². The van der Waals surface area contributed by atoms with E-state index in [-0.39, 0.29) is 0 Å². The zero-order chi connectivity index (χ0) is 13.0. The van der Waals surface area contributed by atoms with Gasteiger partial charge in [-0.2, -0.15) is 11.3 Å². The van der Waals surface area contributed by atoms with Gasteiger partial charge in [-0.15, -0.1) is 0 Å². The van der Waals surface area contributed by atoms with Gasteiger partial charge < -0.3 is 5.32 Å². The number of hydrogen-bond donors (Lipinski definition) is 1. The fraction of sp³-hybridized carbons (Fsp3) is 0.333. The molecule has 1 nitrogen and oxygen atoms in total. The second-order valence-corrected chi connectivity index (χ2v) is 5.88. The minimum atomic E-state index is 0.451. The molecule has 0 saturated carbocycles. The Bertz CT molecular complexity index is 507. The molecule has 96 valence electrons. The molecule has 0 aliphatic carbocycles. The lowest BCUT2D eigenvalue weighted by atomic mass is 9.99. The number of nitrogens with one attached hydrogen (secondary N) is 1. The molecule has 1 N–H and O–H groups in total. The highest BCUT2D eigenvalue weighted by atomic mass is 79.9. The summed E-state index contributed by atoms with van der Waals surface area (Å²) in [6, 6.07) is 9.28. The molecule has 0 fully saturated rings. The van der Waals surface area contributed by atoms with E-state index in [4.69, 9.17) is 0 Å². The second-order valence-electron chi connectivity index (χ2n) is 4.28. The van der Waals surface area contributed by atoms with E-state index in [0.717, 1.165) is 13.0 Å². The molecule has 0 saturated heterocycles. The molecule has 2 aromatic rings. The SMILES string of the molecule is CCNC(CC)c1cccc(-c2cscc2Br)c1. The summed E-state index contributed by atoms with van der Waals surface area (Å²) < 4.78 is 1.18. The van der Waals surface area contributed by atoms with Gasteiger partial charge in [-0.1, -0.05) is 32.0 Å². The molecule has 18 heavy (non-hydrogen) atoms. The van der Waals surface area contributed by atoms with Gasteiger partial charge in [0.1, 0.15) is 0 Å². The van der Waals surface area contributed by atoms with Gasteiger partial charge in [0, 0.05) is 21.5 Å². The summed E-state index contributed by atoms with van der Waals surface area (Å²) in [5.41, 5.74) is 3.94. The largest absolute Gasteiger partial charge is 0.310 e. The molecule has 0 radical (unpaired) electrons. The van der Waals surface area contributed by atoms with Crippen molar-refractivity contribution in [3.05, 3.63) is 45.1 Å². The molecule has 3 heteroatoms. The van der Waals surface area contributed by atoms with Crippen molar-refractivity contribution in [2.45, 2.75) is 26.3 Å². The van der Waals surface area contributed by atoms with Gasteiger partial charge in [-0.05, 0) is 51.5 Å². The van der Waals surface area contributed by atoms with Gasteiger partial charge in [0.05, 0.1) is 0 Å². The Balaban J connectivity index is 2.33. The molecule has 0 amide bonds. The standard InChI is InChI=1S/C15H18BrNS/c1-3-15(17-4-2)12-7-5-6-11(8-12)13-9-18-10-14(13)16/h5-10,15,17H,3-4H2,1-2H3. The number of hydrogen-bond acceptors (Lipinski definition) is 2. The van der Waals surface area contributed by atoms with Crippen molar-refractivity contribution < 1.29 is 0 Å². The lowest BCUT2D eigenvalue weighted by Gasteiger charge is -2.17. The van der Waals surface area contributed by atoms with Crippen molar-refractivity contribution in [1.29, 1.82) is 0 Å². The van der Waals surface area contributed by atoms with Crippen LogP contribution in [0.3, 0.4) is 0 Å². The second kappa shape index (κ2) is 6.50. The molecule has 0 aliphatic heterocycles. The first-order chi connectivity index (χ1) is 8.76. The van der Waals surface area contributed by atoms with Crippen molar-refractivity contribution in [3.63, 3.8) is 0 Å². The first kappa shape index (κ1) is 13.8. The van der Waals surface area contributed by atoms with Crippen molar-refractivity contribution >= 4 is 27.3 Å². The summed E-state index contributed by atoms with van der Waals surface area (Å²) in [6.07, 6.45) is 1.11. The van der Waals surface area contributed by atoms with E-state index >= 15 is 0 Å². The highest BCUT2D eigenvalue weighted by Gasteiger charge is 2.10. The summed E-state index contributed by atoms with van der Waals surface area (Å²) in [5.74, 6) is 0. The fourth-order valence-electron chi connectivity index (χ4n) is 2.15. The van der Waals surface area contributed by atoms with Crippen molar-refractivity contribution in [3.8, 4) is 11.1 Å². The fourth-order valence-corrected chi connectivity index (χ4v) is 3.69. The van der Waals surface area contributed by atoms with Gasteiger partial charge in [-0.25, -0.2) is 0 Å². The third-order valence-electron chi connectivity index (χ3n) is 3.07. The van der Waals surface area contributed by atoms with Crippen LogP contribution in [0.4, 0.5) is 0 Å². The minimum absolute atomic E-state index is 0.451. The predicted octanol–water partition coefficient (Wildman–Crippen LogP) is 5.24. The van der Waals surface area contributed by atoms with Crippen LogP contribution >= 0.6 is 27.3 Å². The molecule has 1 aromatic carbocycles. The smallest absolute Gasteiger partial charge is 0.0360 e.